The summed E-state index contributed by atoms with van der Waals surface area (Å²) in [6, 6.07) is 18.2. The van der Waals surface area contributed by atoms with Gasteiger partial charge in [0.2, 0.25) is 0 Å². The maximum absolute atomic E-state index is 12.5. The second-order valence-electron chi connectivity index (χ2n) is 6.25. The lowest BCUT2D eigenvalue weighted by atomic mass is 10.3. The molecule has 0 saturated carbocycles. The van der Waals surface area contributed by atoms with Gasteiger partial charge >= 0.3 is 0 Å². The molecule has 28 heavy (non-hydrogen) atoms. The van der Waals surface area contributed by atoms with Crippen molar-refractivity contribution in [3.63, 3.8) is 0 Å². The number of sulfone groups is 1. The second kappa shape index (κ2) is 9.75. The summed E-state index contributed by atoms with van der Waals surface area (Å²) in [5.41, 5.74) is 0. The zero-order valence-electron chi connectivity index (χ0n) is 15.7. The van der Waals surface area contributed by atoms with E-state index < -0.39 is 9.84 Å². The zero-order chi connectivity index (χ0) is 19.8. The third-order valence-corrected chi connectivity index (χ3v) is 6.86. The van der Waals surface area contributed by atoms with Crippen LogP contribution in [0.4, 0.5) is 0 Å². The minimum atomic E-state index is -3.43. The van der Waals surface area contributed by atoms with Crippen LogP contribution in [0.15, 0.2) is 70.7 Å². The molecule has 148 valence electrons. The van der Waals surface area contributed by atoms with Gasteiger partial charge < -0.3 is 9.30 Å². The fourth-order valence-corrected chi connectivity index (χ4v) is 4.81. The van der Waals surface area contributed by atoms with Gasteiger partial charge in [-0.2, -0.15) is 0 Å². The third-order valence-electron chi connectivity index (χ3n) is 4.13. The Bertz CT molecular complexity index is 974. The van der Waals surface area contributed by atoms with Crippen molar-refractivity contribution < 1.29 is 13.2 Å². The molecule has 1 heterocycles. The fourth-order valence-electron chi connectivity index (χ4n) is 2.55. The maximum atomic E-state index is 12.5. The van der Waals surface area contributed by atoms with Crippen LogP contribution in [-0.2, 0) is 22.6 Å². The molecule has 0 unspecified atom stereocenters. The number of thioether (sulfide) groups is 1. The van der Waals surface area contributed by atoms with Crippen LogP contribution in [-0.4, -0.2) is 35.5 Å². The molecule has 0 aliphatic rings. The van der Waals surface area contributed by atoms with Crippen molar-refractivity contribution >= 4 is 21.6 Å². The summed E-state index contributed by atoms with van der Waals surface area (Å²) in [6.07, 6.45) is 1.91. The maximum Gasteiger partial charge on any atom is 0.190 e. The van der Waals surface area contributed by atoms with E-state index in [2.05, 4.69) is 10.2 Å². The molecule has 6 nitrogen and oxygen atoms in total. The smallest absolute Gasteiger partial charge is 0.190 e. The predicted molar refractivity (Wildman–Crippen MR) is 110 cm³/mol. The molecule has 2 aromatic carbocycles. The lowest BCUT2D eigenvalue weighted by molar-refractivity contribution is 0.310. The monoisotopic (exact) mass is 417 g/mol. The van der Waals surface area contributed by atoms with Gasteiger partial charge in [-0.25, -0.2) is 8.42 Å². The molecule has 0 atom stereocenters. The lowest BCUT2D eigenvalue weighted by Crippen LogP contribution is -2.09. The van der Waals surface area contributed by atoms with Crippen molar-refractivity contribution in [3.8, 4) is 5.75 Å². The fraction of sp³-hybridized carbons (Fsp3) is 0.300. The van der Waals surface area contributed by atoms with Crippen LogP contribution in [0.1, 0.15) is 18.7 Å². The van der Waals surface area contributed by atoms with E-state index in [1.807, 2.05) is 30.3 Å². The van der Waals surface area contributed by atoms with Crippen molar-refractivity contribution in [2.75, 3.05) is 12.4 Å². The molecule has 0 N–H and O–H groups in total. The minimum Gasteiger partial charge on any atom is -0.494 e. The Morgan fingerprint density at radius 3 is 2.36 bits per heavy atom. The summed E-state index contributed by atoms with van der Waals surface area (Å²) in [7, 11) is -1.63. The van der Waals surface area contributed by atoms with Crippen molar-refractivity contribution in [2.45, 2.75) is 28.6 Å². The number of unbranched alkanes of at least 4 members (excludes halogenated alkanes) is 1. The topological polar surface area (TPSA) is 74.1 Å². The number of para-hydroxylation sites is 1. The van der Waals surface area contributed by atoms with Crippen molar-refractivity contribution in [2.24, 2.45) is 7.05 Å². The van der Waals surface area contributed by atoms with Crippen LogP contribution in [0.25, 0.3) is 0 Å². The number of benzene rings is 2. The first-order valence-corrected chi connectivity index (χ1v) is 11.7. The Morgan fingerprint density at radius 2 is 1.64 bits per heavy atom. The van der Waals surface area contributed by atoms with Crippen molar-refractivity contribution in [1.29, 1.82) is 0 Å². The van der Waals surface area contributed by atoms with E-state index in [1.54, 1.807) is 53.7 Å². The van der Waals surface area contributed by atoms with Crippen LogP contribution in [0, 0.1) is 0 Å². The third kappa shape index (κ3) is 5.59. The second-order valence-corrected chi connectivity index (χ2v) is 9.30. The first-order valence-electron chi connectivity index (χ1n) is 9.03. The molecule has 3 rings (SSSR count). The summed E-state index contributed by atoms with van der Waals surface area (Å²) < 4.78 is 32.5. The van der Waals surface area contributed by atoms with Crippen molar-refractivity contribution in [3.05, 3.63) is 66.5 Å². The molecule has 3 aromatic rings. The van der Waals surface area contributed by atoms with Crippen LogP contribution >= 0.6 is 11.8 Å². The molecule has 8 heteroatoms. The minimum absolute atomic E-state index is 0.161. The summed E-state index contributed by atoms with van der Waals surface area (Å²) >= 11 is 1.57. The highest BCUT2D eigenvalue weighted by molar-refractivity contribution is 7.99. The Morgan fingerprint density at radius 1 is 0.964 bits per heavy atom. The van der Waals surface area contributed by atoms with Crippen LogP contribution in [0.2, 0.25) is 0 Å². The molecule has 0 aliphatic heterocycles. The highest BCUT2D eigenvalue weighted by Crippen LogP contribution is 2.20. The first-order chi connectivity index (χ1) is 13.6. The Balaban J connectivity index is 1.46. The summed E-state index contributed by atoms with van der Waals surface area (Å²) in [5, 5.41) is 8.93. The summed E-state index contributed by atoms with van der Waals surface area (Å²) in [6.45, 7) is 0.671. The number of aromatic nitrogens is 3. The highest BCUT2D eigenvalue weighted by Gasteiger charge is 2.19. The molecule has 0 fully saturated rings. The first kappa shape index (κ1) is 20.4. The van der Waals surface area contributed by atoms with E-state index >= 15 is 0 Å². The molecular weight excluding hydrogens is 394 g/mol. The predicted octanol–water partition coefficient (Wildman–Crippen LogP) is 3.74. The van der Waals surface area contributed by atoms with E-state index in [0.29, 0.717) is 17.3 Å². The van der Waals surface area contributed by atoms with Gasteiger partial charge in [0.15, 0.2) is 15.0 Å². The zero-order valence-corrected chi connectivity index (χ0v) is 17.3. The summed E-state index contributed by atoms with van der Waals surface area (Å²) in [5.74, 6) is 2.04. The molecular formula is C20H23N3O3S2. The van der Waals surface area contributed by atoms with E-state index in [1.165, 1.54) is 0 Å². The Labute approximate surface area is 169 Å². The highest BCUT2D eigenvalue weighted by atomic mass is 32.2. The van der Waals surface area contributed by atoms with Gasteiger partial charge in [-0.1, -0.05) is 48.2 Å². The summed E-state index contributed by atoms with van der Waals surface area (Å²) in [4.78, 5) is 0.297. The molecule has 0 amide bonds. The van der Waals surface area contributed by atoms with E-state index in [-0.39, 0.29) is 5.75 Å². The van der Waals surface area contributed by atoms with E-state index in [4.69, 9.17) is 4.74 Å². The Kier molecular flexibility index (Phi) is 7.11. The lowest BCUT2D eigenvalue weighted by Gasteiger charge is -2.06. The standard InChI is InChI=1S/C20H23N3O3S2/c1-23-19(16-28(24,25)18-12-6-3-7-13-18)21-22-20(23)27-15-9-8-14-26-17-10-4-2-5-11-17/h2-7,10-13H,8-9,14-16H2,1H3. The van der Waals surface area contributed by atoms with Crippen LogP contribution in [0.3, 0.4) is 0 Å². The Hall–Kier alpha value is -2.32. The van der Waals surface area contributed by atoms with E-state index in [9.17, 15) is 8.42 Å². The van der Waals surface area contributed by atoms with E-state index in [0.717, 1.165) is 29.5 Å². The average Bonchev–Trinajstić information content (AvgIpc) is 3.05. The van der Waals surface area contributed by atoms with Crippen molar-refractivity contribution in [1.82, 2.24) is 14.8 Å². The van der Waals surface area contributed by atoms with Gasteiger partial charge in [0.25, 0.3) is 0 Å². The molecule has 0 aliphatic carbocycles. The van der Waals surface area contributed by atoms with Crippen LogP contribution < -0.4 is 4.74 Å². The molecule has 0 bridgehead atoms. The number of nitrogens with zero attached hydrogens (tertiary/aromatic N) is 3. The van der Waals surface area contributed by atoms with Gasteiger partial charge in [-0.05, 0) is 37.1 Å². The van der Waals surface area contributed by atoms with Crippen LogP contribution in [0.5, 0.6) is 5.75 Å². The normalized spacial score (nSPS) is 11.5. The number of hydrogen-bond acceptors (Lipinski definition) is 6. The van der Waals surface area contributed by atoms with Gasteiger partial charge in [-0.3, -0.25) is 0 Å². The SMILES string of the molecule is Cn1c(CS(=O)(=O)c2ccccc2)nnc1SCCCCOc1ccccc1. The number of hydrogen-bond donors (Lipinski definition) is 0. The molecule has 0 saturated heterocycles. The molecule has 1 aromatic heterocycles. The quantitative estimate of drug-likeness (QED) is 0.370. The van der Waals surface area contributed by atoms with Gasteiger partial charge in [0, 0.05) is 12.8 Å². The van der Waals surface area contributed by atoms with Gasteiger partial charge in [0.1, 0.15) is 17.3 Å². The molecule has 0 spiro atoms. The van der Waals surface area contributed by atoms with Gasteiger partial charge in [0.05, 0.1) is 11.5 Å². The van der Waals surface area contributed by atoms with Gasteiger partial charge in [-0.15, -0.1) is 10.2 Å². The number of rotatable bonds is 10. The number of ether oxygens (including phenoxy) is 1. The largest absolute Gasteiger partial charge is 0.494 e. The molecule has 0 radical (unpaired) electrons. The average molecular weight is 418 g/mol.